The first-order valence-corrected chi connectivity index (χ1v) is 11.3. The van der Waals surface area contributed by atoms with Gasteiger partial charge in [-0.05, 0) is 18.8 Å². The average Bonchev–Trinajstić information content (AvgIpc) is 2.97. The molecule has 2 N–H and O–H groups in total. The molecule has 0 bridgehead atoms. The lowest BCUT2D eigenvalue weighted by Crippen LogP contribution is -2.42. The van der Waals surface area contributed by atoms with E-state index in [1.54, 1.807) is 11.3 Å². The molecule has 0 saturated heterocycles. The summed E-state index contributed by atoms with van der Waals surface area (Å²) < 4.78 is 22.7. The van der Waals surface area contributed by atoms with Crippen molar-refractivity contribution in [3.05, 3.63) is 11.1 Å². The molecule has 0 fully saturated rings. The highest BCUT2D eigenvalue weighted by molar-refractivity contribution is 14.0. The third kappa shape index (κ3) is 10.5. The van der Waals surface area contributed by atoms with Crippen molar-refractivity contribution in [3.8, 4) is 0 Å². The highest BCUT2D eigenvalue weighted by Crippen LogP contribution is 2.20. The first-order chi connectivity index (χ1) is 11.5. The first-order valence-electron chi connectivity index (χ1n) is 8.34. The van der Waals surface area contributed by atoms with E-state index in [-0.39, 0.29) is 35.1 Å². The third-order valence-corrected chi connectivity index (χ3v) is 5.55. The molecular weight excluding hydrogens is 485 g/mol. The molecule has 0 radical (unpaired) electrons. The molecule has 0 atom stereocenters. The van der Waals surface area contributed by atoms with Gasteiger partial charge in [-0.3, -0.25) is 0 Å². The summed E-state index contributed by atoms with van der Waals surface area (Å²) in [4.78, 5) is 11.1. The molecule has 0 aliphatic heterocycles. The number of rotatable bonds is 9. The molecule has 0 spiro atoms. The molecule has 26 heavy (non-hydrogen) atoms. The van der Waals surface area contributed by atoms with Crippen LogP contribution >= 0.6 is 35.3 Å². The van der Waals surface area contributed by atoms with E-state index in [1.807, 2.05) is 31.3 Å². The summed E-state index contributed by atoms with van der Waals surface area (Å²) in [6.45, 7) is 8.03. The quantitative estimate of drug-likeness (QED) is 0.297. The van der Waals surface area contributed by atoms with Gasteiger partial charge in [-0.15, -0.1) is 35.3 Å². The number of aromatic nitrogens is 1. The van der Waals surface area contributed by atoms with Gasteiger partial charge in [0.15, 0.2) is 11.1 Å². The van der Waals surface area contributed by atoms with Crippen LogP contribution in [-0.2, 0) is 16.4 Å². The normalized spacial score (nSPS) is 12.5. The van der Waals surface area contributed by atoms with Crippen LogP contribution in [0.2, 0.25) is 0 Å². The van der Waals surface area contributed by atoms with Gasteiger partial charge in [0, 0.05) is 38.8 Å². The predicted molar refractivity (Wildman–Crippen MR) is 123 cm³/mol. The Morgan fingerprint density at radius 2 is 2.00 bits per heavy atom. The number of thiazole rings is 1. The van der Waals surface area contributed by atoms with Gasteiger partial charge in [-0.1, -0.05) is 13.8 Å². The number of anilines is 1. The van der Waals surface area contributed by atoms with Crippen LogP contribution in [0.4, 0.5) is 5.13 Å². The smallest absolute Gasteiger partial charge is 0.191 e. The molecule has 10 heteroatoms. The van der Waals surface area contributed by atoms with Gasteiger partial charge in [-0.25, -0.2) is 18.4 Å². The Morgan fingerprint density at radius 3 is 2.50 bits per heavy atom. The van der Waals surface area contributed by atoms with E-state index < -0.39 is 9.84 Å². The van der Waals surface area contributed by atoms with Gasteiger partial charge >= 0.3 is 0 Å². The summed E-state index contributed by atoms with van der Waals surface area (Å²) >= 11 is 1.60. The Morgan fingerprint density at radius 1 is 1.35 bits per heavy atom. The molecular formula is C16H32IN5O2S2. The predicted octanol–water partition coefficient (Wildman–Crippen LogP) is 2.34. The van der Waals surface area contributed by atoms with Gasteiger partial charge in [0.2, 0.25) is 0 Å². The number of halogens is 1. The minimum absolute atomic E-state index is 0. The summed E-state index contributed by atoms with van der Waals surface area (Å²) in [7, 11) is 0.995. The number of nitrogens with zero attached hydrogens (tertiary/aromatic N) is 3. The Hall–Kier alpha value is -0.620. The fourth-order valence-electron chi connectivity index (χ4n) is 1.95. The second-order valence-corrected chi connectivity index (χ2v) is 10.2. The maximum absolute atomic E-state index is 11.4. The van der Waals surface area contributed by atoms with Gasteiger partial charge in [0.1, 0.15) is 9.84 Å². The zero-order valence-corrected chi connectivity index (χ0v) is 20.5. The van der Waals surface area contributed by atoms with Crippen molar-refractivity contribution in [2.24, 2.45) is 10.4 Å². The highest BCUT2D eigenvalue weighted by Gasteiger charge is 2.20. The molecule has 1 aromatic rings. The van der Waals surface area contributed by atoms with Crippen molar-refractivity contribution in [3.63, 3.8) is 0 Å². The van der Waals surface area contributed by atoms with Crippen LogP contribution in [0, 0.1) is 5.41 Å². The zero-order chi connectivity index (χ0) is 19.1. The van der Waals surface area contributed by atoms with E-state index in [4.69, 9.17) is 0 Å². The second-order valence-electron chi connectivity index (χ2n) is 7.11. The summed E-state index contributed by atoms with van der Waals surface area (Å²) in [6.07, 6.45) is 1.88. The summed E-state index contributed by atoms with van der Waals surface area (Å²) in [5, 5.41) is 9.49. The monoisotopic (exact) mass is 517 g/mol. The van der Waals surface area contributed by atoms with Crippen LogP contribution in [0.15, 0.2) is 10.4 Å². The third-order valence-electron chi connectivity index (χ3n) is 3.55. The standard InChI is InChI=1S/C16H31N5O2S2.HI/c1-7-17-14(18-10-13-11-24-15(20-13)21(4)5)19-12-16(2,3)8-9-25(6,22)23;/h11H,7-10,12H2,1-6H3,(H2,17,18,19);1H. The van der Waals surface area contributed by atoms with Crippen molar-refractivity contribution in [2.45, 2.75) is 33.7 Å². The van der Waals surface area contributed by atoms with Crippen molar-refractivity contribution in [1.29, 1.82) is 0 Å². The number of guanidine groups is 1. The van der Waals surface area contributed by atoms with Crippen LogP contribution in [0.25, 0.3) is 0 Å². The first kappa shape index (κ1) is 25.4. The van der Waals surface area contributed by atoms with Gasteiger partial charge < -0.3 is 15.5 Å². The topological polar surface area (TPSA) is 86.7 Å². The zero-order valence-electron chi connectivity index (χ0n) is 16.5. The number of nitrogens with one attached hydrogen (secondary N) is 2. The lowest BCUT2D eigenvalue weighted by atomic mass is 9.90. The van der Waals surface area contributed by atoms with Crippen LogP contribution < -0.4 is 15.5 Å². The van der Waals surface area contributed by atoms with Gasteiger partial charge in [0.05, 0.1) is 18.0 Å². The molecule has 0 aliphatic rings. The van der Waals surface area contributed by atoms with Crippen LogP contribution in [0.1, 0.15) is 32.9 Å². The van der Waals surface area contributed by atoms with E-state index in [0.717, 1.165) is 17.4 Å². The minimum Gasteiger partial charge on any atom is -0.357 e. The Bertz CT molecular complexity index is 672. The molecule has 0 saturated carbocycles. The Labute approximate surface area is 179 Å². The average molecular weight is 518 g/mol. The maximum atomic E-state index is 11.4. The maximum Gasteiger partial charge on any atom is 0.191 e. The fourth-order valence-corrected chi connectivity index (χ4v) is 3.62. The van der Waals surface area contributed by atoms with Crippen LogP contribution in [0.3, 0.4) is 0 Å². The van der Waals surface area contributed by atoms with Crippen molar-refractivity contribution in [2.75, 3.05) is 44.1 Å². The molecule has 152 valence electrons. The number of hydrogen-bond donors (Lipinski definition) is 2. The molecule has 0 aliphatic carbocycles. The molecule has 0 aromatic carbocycles. The SMILES string of the molecule is CCNC(=NCc1csc(N(C)C)n1)NCC(C)(C)CCS(C)(=O)=O.I. The molecule has 0 unspecified atom stereocenters. The summed E-state index contributed by atoms with van der Waals surface area (Å²) in [6, 6.07) is 0. The van der Waals surface area contributed by atoms with E-state index in [9.17, 15) is 8.42 Å². The number of hydrogen-bond acceptors (Lipinski definition) is 6. The lowest BCUT2D eigenvalue weighted by molar-refractivity contribution is 0.348. The Balaban J connectivity index is 0.00000625. The van der Waals surface area contributed by atoms with Gasteiger partial charge in [-0.2, -0.15) is 0 Å². The Kier molecular flexibility index (Phi) is 11.0. The number of sulfone groups is 1. The molecule has 7 nitrogen and oxygen atoms in total. The van der Waals surface area contributed by atoms with E-state index >= 15 is 0 Å². The highest BCUT2D eigenvalue weighted by atomic mass is 127. The van der Waals surface area contributed by atoms with E-state index in [2.05, 4.69) is 34.5 Å². The van der Waals surface area contributed by atoms with Crippen molar-refractivity contribution < 1.29 is 8.42 Å². The van der Waals surface area contributed by atoms with Crippen molar-refractivity contribution in [1.82, 2.24) is 15.6 Å². The molecule has 0 amide bonds. The van der Waals surface area contributed by atoms with Crippen LogP contribution in [0.5, 0.6) is 0 Å². The summed E-state index contributed by atoms with van der Waals surface area (Å²) in [5.41, 5.74) is 0.792. The number of aliphatic imine (C=N–C) groups is 1. The minimum atomic E-state index is -2.94. The fraction of sp³-hybridized carbons (Fsp3) is 0.750. The van der Waals surface area contributed by atoms with E-state index in [0.29, 0.717) is 25.5 Å². The second kappa shape index (κ2) is 11.3. The molecule has 1 rings (SSSR count). The molecule has 1 heterocycles. The molecule has 1 aromatic heterocycles. The lowest BCUT2D eigenvalue weighted by Gasteiger charge is -2.25. The van der Waals surface area contributed by atoms with Crippen LogP contribution in [-0.4, -0.2) is 58.6 Å². The largest absolute Gasteiger partial charge is 0.357 e. The van der Waals surface area contributed by atoms with Crippen molar-refractivity contribution >= 4 is 56.2 Å². The summed E-state index contributed by atoms with van der Waals surface area (Å²) in [5.74, 6) is 0.913. The van der Waals surface area contributed by atoms with E-state index in [1.165, 1.54) is 6.26 Å². The van der Waals surface area contributed by atoms with Gasteiger partial charge in [0.25, 0.3) is 0 Å².